The molecule has 10 heteroatoms. The van der Waals surface area contributed by atoms with E-state index in [1.54, 1.807) is 7.11 Å². The molecule has 2 aliphatic heterocycles. The molecule has 3 aromatic carbocycles. The van der Waals surface area contributed by atoms with Crippen LogP contribution in [0.4, 0.5) is 0 Å². The normalized spacial score (nSPS) is 15.8. The fraction of sp³-hybridized carbons (Fsp3) is 0.406. The van der Waals surface area contributed by atoms with Crippen LogP contribution in [0.3, 0.4) is 0 Å². The summed E-state index contributed by atoms with van der Waals surface area (Å²) in [6.45, 7) is 1.53. The predicted molar refractivity (Wildman–Crippen MR) is 160 cm³/mol. The fourth-order valence-electron chi connectivity index (χ4n) is 5.46. The van der Waals surface area contributed by atoms with Gasteiger partial charge in [-0.05, 0) is 55.3 Å². The number of halogens is 1. The van der Waals surface area contributed by atoms with Gasteiger partial charge < -0.3 is 34.8 Å². The van der Waals surface area contributed by atoms with Gasteiger partial charge in [0.25, 0.3) is 0 Å². The molecule has 42 heavy (non-hydrogen) atoms. The van der Waals surface area contributed by atoms with Gasteiger partial charge in [-0.2, -0.15) is 0 Å². The van der Waals surface area contributed by atoms with E-state index in [4.69, 9.17) is 25.8 Å². The van der Waals surface area contributed by atoms with Crippen LogP contribution in [-0.4, -0.2) is 84.9 Å². The van der Waals surface area contributed by atoms with Gasteiger partial charge in [0, 0.05) is 29.2 Å². The smallest absolute Gasteiger partial charge is 0.223 e. The number of amides is 1. The Labute approximate surface area is 250 Å². The predicted octanol–water partition coefficient (Wildman–Crippen LogP) is 3.50. The average molecular weight is 597 g/mol. The molecule has 0 aliphatic carbocycles. The monoisotopic (exact) mass is 596 g/mol. The number of ether oxygens (including phenoxy) is 3. The molecule has 0 aromatic heterocycles. The zero-order valence-corrected chi connectivity index (χ0v) is 24.4. The van der Waals surface area contributed by atoms with Crippen molar-refractivity contribution in [1.29, 1.82) is 0 Å². The summed E-state index contributed by atoms with van der Waals surface area (Å²) in [6.07, 6.45) is 1.26. The molecular formula is C32H37ClN2O7. The summed E-state index contributed by atoms with van der Waals surface area (Å²) in [5, 5.41) is 31.8. The molecule has 0 radical (unpaired) electrons. The van der Waals surface area contributed by atoms with Gasteiger partial charge in [0.05, 0.1) is 32.0 Å². The van der Waals surface area contributed by atoms with Gasteiger partial charge in [-0.3, -0.25) is 9.69 Å². The van der Waals surface area contributed by atoms with Crippen molar-refractivity contribution in [2.75, 3.05) is 53.2 Å². The third kappa shape index (κ3) is 6.35. The van der Waals surface area contributed by atoms with E-state index in [1.807, 2.05) is 48.5 Å². The summed E-state index contributed by atoms with van der Waals surface area (Å²) in [5.74, 6) is 1.69. The van der Waals surface area contributed by atoms with Crippen LogP contribution >= 0.6 is 11.6 Å². The highest BCUT2D eigenvalue weighted by Crippen LogP contribution is 2.41. The Morgan fingerprint density at radius 3 is 2.21 bits per heavy atom. The Morgan fingerprint density at radius 1 is 0.952 bits per heavy atom. The molecule has 9 nitrogen and oxygen atoms in total. The number of benzene rings is 3. The van der Waals surface area contributed by atoms with Crippen molar-refractivity contribution >= 4 is 17.5 Å². The van der Waals surface area contributed by atoms with Crippen LogP contribution in [0.5, 0.6) is 17.2 Å². The summed E-state index contributed by atoms with van der Waals surface area (Å²) in [5.41, 5.74) is 3.30. The van der Waals surface area contributed by atoms with Crippen LogP contribution in [-0.2, 0) is 11.3 Å². The highest BCUT2D eigenvalue weighted by atomic mass is 35.5. The minimum absolute atomic E-state index is 0.252. The Bertz CT molecular complexity index is 1400. The molecule has 224 valence electrons. The molecule has 1 fully saturated rings. The van der Waals surface area contributed by atoms with E-state index < -0.39 is 25.4 Å². The molecule has 0 spiro atoms. The first-order valence-corrected chi connectivity index (χ1v) is 14.5. The highest BCUT2D eigenvalue weighted by molar-refractivity contribution is 6.36. The van der Waals surface area contributed by atoms with E-state index in [0.717, 1.165) is 39.3 Å². The van der Waals surface area contributed by atoms with E-state index in [9.17, 15) is 20.1 Å². The molecule has 0 unspecified atom stereocenters. The van der Waals surface area contributed by atoms with Crippen LogP contribution < -0.4 is 19.5 Å². The molecule has 1 saturated heterocycles. The molecule has 5 rings (SSSR count). The molecule has 2 heterocycles. The Balaban J connectivity index is 1.27. The maximum Gasteiger partial charge on any atom is 0.223 e. The molecule has 4 N–H and O–H groups in total. The van der Waals surface area contributed by atoms with Crippen molar-refractivity contribution in [3.8, 4) is 39.5 Å². The van der Waals surface area contributed by atoms with Crippen molar-refractivity contribution < 1.29 is 34.3 Å². The second-order valence-electron chi connectivity index (χ2n) is 10.8. The van der Waals surface area contributed by atoms with Crippen molar-refractivity contribution in [2.45, 2.75) is 24.9 Å². The van der Waals surface area contributed by atoms with Crippen LogP contribution in [0.1, 0.15) is 18.4 Å². The quantitative estimate of drug-likeness (QED) is 0.281. The summed E-state index contributed by atoms with van der Waals surface area (Å²) >= 11 is 6.96. The lowest BCUT2D eigenvalue weighted by atomic mass is 9.93. The number of rotatable bonds is 10. The highest BCUT2D eigenvalue weighted by Gasteiger charge is 2.34. The first-order valence-electron chi connectivity index (χ1n) is 14.1. The number of methoxy groups -OCH3 is 1. The first kappa shape index (κ1) is 30.1. The van der Waals surface area contributed by atoms with Gasteiger partial charge in [-0.15, -0.1) is 0 Å². The summed E-state index contributed by atoms with van der Waals surface area (Å²) in [7, 11) is 1.65. The number of nitrogens with zero attached hydrogens (tertiary/aromatic N) is 1. The number of fused-ring (bicyclic) bond motifs is 1. The second kappa shape index (κ2) is 13.3. The zero-order valence-electron chi connectivity index (χ0n) is 23.6. The Kier molecular flexibility index (Phi) is 9.55. The summed E-state index contributed by atoms with van der Waals surface area (Å²) in [6, 6.07) is 17.9. The summed E-state index contributed by atoms with van der Waals surface area (Å²) in [4.78, 5) is 15.0. The number of nitrogens with one attached hydrogen (secondary N) is 1. The van der Waals surface area contributed by atoms with Crippen molar-refractivity contribution in [2.24, 2.45) is 5.92 Å². The topological polar surface area (TPSA) is 121 Å². The van der Waals surface area contributed by atoms with Gasteiger partial charge in [-0.1, -0.05) is 48.0 Å². The third-order valence-electron chi connectivity index (χ3n) is 8.10. The maximum atomic E-state index is 12.7. The lowest BCUT2D eigenvalue weighted by Gasteiger charge is -2.35. The number of aliphatic hydroxyl groups excluding tert-OH is 3. The average Bonchev–Trinajstić information content (AvgIpc) is 3.04. The second-order valence-corrected chi connectivity index (χ2v) is 11.2. The van der Waals surface area contributed by atoms with Gasteiger partial charge in [0.2, 0.25) is 5.91 Å². The zero-order chi connectivity index (χ0) is 29.7. The summed E-state index contributed by atoms with van der Waals surface area (Å²) < 4.78 is 17.2. The van der Waals surface area contributed by atoms with Crippen molar-refractivity contribution in [3.05, 3.63) is 65.2 Å². The minimum Gasteiger partial charge on any atom is -0.496 e. The van der Waals surface area contributed by atoms with E-state index >= 15 is 0 Å². The van der Waals surface area contributed by atoms with E-state index in [1.165, 1.54) is 0 Å². The standard InChI is InChI=1S/C32H37ClN2O7/c1-40-28-15-22(25-3-2-4-26(30(25)33)23-7-8-27-29(16-23)42-14-13-41-27)5-6-24(28)17-35-11-9-21(10-12-35)31(39)34-32(18-36,19-37)20-38/h2-8,15-16,21,36-38H,9-14,17-20H2,1H3,(H,34,39). The maximum absolute atomic E-state index is 12.7. The molecule has 2 aliphatic rings. The Morgan fingerprint density at radius 2 is 1.57 bits per heavy atom. The number of carbonyl (C=O) groups is 1. The molecule has 0 bridgehead atoms. The number of aliphatic hydroxyl groups is 3. The minimum atomic E-state index is -1.41. The van der Waals surface area contributed by atoms with Crippen molar-refractivity contribution in [3.63, 3.8) is 0 Å². The van der Waals surface area contributed by atoms with Crippen molar-refractivity contribution in [1.82, 2.24) is 10.2 Å². The van der Waals surface area contributed by atoms with E-state index in [2.05, 4.69) is 16.3 Å². The lowest BCUT2D eigenvalue weighted by Crippen LogP contribution is -2.58. The third-order valence-corrected chi connectivity index (χ3v) is 8.51. The van der Waals surface area contributed by atoms with E-state index in [-0.39, 0.29) is 11.8 Å². The van der Waals surface area contributed by atoms with Gasteiger partial charge in [-0.25, -0.2) is 0 Å². The molecule has 3 aromatic rings. The first-order chi connectivity index (χ1) is 20.4. The molecule has 0 saturated carbocycles. The largest absolute Gasteiger partial charge is 0.496 e. The molecular weight excluding hydrogens is 560 g/mol. The van der Waals surface area contributed by atoms with E-state index in [0.29, 0.717) is 56.5 Å². The SMILES string of the molecule is COc1cc(-c2cccc(-c3ccc4c(c3)OCCO4)c2Cl)ccc1CN1CCC(C(=O)NC(CO)(CO)CO)CC1. The number of hydrogen-bond donors (Lipinski definition) is 4. The van der Waals surface area contributed by atoms with Crippen LogP contribution in [0.25, 0.3) is 22.3 Å². The van der Waals surface area contributed by atoms with Crippen LogP contribution in [0.15, 0.2) is 54.6 Å². The van der Waals surface area contributed by atoms with Gasteiger partial charge >= 0.3 is 0 Å². The number of likely N-dealkylation sites (tertiary alicyclic amines) is 1. The van der Waals surface area contributed by atoms with Crippen LogP contribution in [0.2, 0.25) is 5.02 Å². The Hall–Kier alpha value is -3.34. The lowest BCUT2D eigenvalue weighted by molar-refractivity contribution is -0.130. The number of hydrogen-bond acceptors (Lipinski definition) is 8. The number of carbonyl (C=O) groups excluding carboxylic acids is 1. The molecule has 0 atom stereocenters. The van der Waals surface area contributed by atoms with Crippen LogP contribution in [0, 0.1) is 5.92 Å². The van der Waals surface area contributed by atoms with Gasteiger partial charge in [0.1, 0.15) is 24.5 Å². The van der Waals surface area contributed by atoms with Gasteiger partial charge in [0.15, 0.2) is 11.5 Å². The fourth-order valence-corrected chi connectivity index (χ4v) is 5.80. The number of piperidine rings is 1. The molecule has 1 amide bonds.